The number of carbonyl (C=O) groups is 1. The highest BCUT2D eigenvalue weighted by Crippen LogP contribution is 2.30. The normalized spacial score (nSPS) is 12.5. The van der Waals surface area contributed by atoms with Gasteiger partial charge in [-0.3, -0.25) is 4.79 Å². The highest BCUT2D eigenvalue weighted by atomic mass is 79.9. The zero-order valence-electron chi connectivity index (χ0n) is 8.02. The van der Waals surface area contributed by atoms with E-state index in [1.165, 1.54) is 11.3 Å². The van der Waals surface area contributed by atoms with E-state index in [1.54, 1.807) is 6.07 Å². The van der Waals surface area contributed by atoms with Gasteiger partial charge in [0.2, 0.25) is 0 Å². The van der Waals surface area contributed by atoms with Gasteiger partial charge in [-0.05, 0) is 12.5 Å². The van der Waals surface area contributed by atoms with Gasteiger partial charge in [0.1, 0.15) is 4.34 Å². The van der Waals surface area contributed by atoms with E-state index < -0.39 is 0 Å². The smallest absolute Gasteiger partial charge is 0.253 e. The van der Waals surface area contributed by atoms with Crippen molar-refractivity contribution in [3.8, 4) is 0 Å². The third kappa shape index (κ3) is 3.94. The van der Waals surface area contributed by atoms with Crippen molar-refractivity contribution in [2.24, 2.45) is 0 Å². The molecule has 0 bridgehead atoms. The average Bonchev–Trinajstić information content (AvgIpc) is 2.53. The summed E-state index contributed by atoms with van der Waals surface area (Å²) in [6.45, 7) is 2.62. The predicted molar refractivity (Wildman–Crippen MR) is 69.7 cm³/mol. The van der Waals surface area contributed by atoms with E-state index in [-0.39, 0.29) is 10.7 Å². The maximum atomic E-state index is 11.6. The maximum absolute atomic E-state index is 11.6. The van der Waals surface area contributed by atoms with Gasteiger partial charge in [-0.15, -0.1) is 11.3 Å². The molecule has 0 fully saturated rings. The zero-order valence-corrected chi connectivity index (χ0v) is 11.9. The van der Waals surface area contributed by atoms with Gasteiger partial charge in [0.25, 0.3) is 5.91 Å². The first kappa shape index (κ1) is 13.3. The van der Waals surface area contributed by atoms with Gasteiger partial charge in [-0.2, -0.15) is 0 Å². The number of hydrogen-bond acceptors (Lipinski definition) is 2. The average molecular weight is 331 g/mol. The summed E-state index contributed by atoms with van der Waals surface area (Å²) in [4.78, 5) is 11.9. The fraction of sp³-hybridized carbons (Fsp3) is 0.444. The molecule has 0 aliphatic carbocycles. The Morgan fingerprint density at radius 3 is 2.80 bits per heavy atom. The second kappa shape index (κ2) is 6.09. The van der Waals surface area contributed by atoms with Crippen LogP contribution in [0.4, 0.5) is 0 Å². The lowest BCUT2D eigenvalue weighted by Crippen LogP contribution is -2.29. The standard InChI is InChI=1S/C9H10BrCl2NOS/c1-2-5(10)4-13-9(14)6-3-7(11)15-8(6)12/h3,5H,2,4H2,1H3,(H,13,14). The van der Waals surface area contributed by atoms with Crippen LogP contribution in [0.25, 0.3) is 0 Å². The maximum Gasteiger partial charge on any atom is 0.253 e. The summed E-state index contributed by atoms with van der Waals surface area (Å²) in [6, 6.07) is 1.58. The van der Waals surface area contributed by atoms with Gasteiger partial charge < -0.3 is 5.32 Å². The molecule has 2 nitrogen and oxygen atoms in total. The number of rotatable bonds is 4. The molecule has 1 rings (SSSR count). The zero-order chi connectivity index (χ0) is 11.4. The second-order valence-corrected chi connectivity index (χ2v) is 6.53. The molecule has 1 aromatic heterocycles. The van der Waals surface area contributed by atoms with Crippen LogP contribution in [0.1, 0.15) is 23.7 Å². The van der Waals surface area contributed by atoms with Crippen LogP contribution < -0.4 is 5.32 Å². The van der Waals surface area contributed by atoms with Crippen LogP contribution >= 0.6 is 50.5 Å². The van der Waals surface area contributed by atoms with E-state index in [9.17, 15) is 4.79 Å². The molecule has 84 valence electrons. The highest BCUT2D eigenvalue weighted by molar-refractivity contribution is 9.09. The Morgan fingerprint density at radius 2 is 2.33 bits per heavy atom. The third-order valence-electron chi connectivity index (χ3n) is 1.83. The Kier molecular flexibility index (Phi) is 5.39. The molecule has 0 saturated carbocycles. The lowest BCUT2D eigenvalue weighted by atomic mass is 10.3. The van der Waals surface area contributed by atoms with Crippen molar-refractivity contribution in [3.05, 3.63) is 20.3 Å². The number of carbonyl (C=O) groups excluding carboxylic acids is 1. The van der Waals surface area contributed by atoms with Gasteiger partial charge in [0, 0.05) is 11.4 Å². The van der Waals surface area contributed by atoms with Crippen molar-refractivity contribution < 1.29 is 4.79 Å². The fourth-order valence-corrected chi connectivity index (χ4v) is 2.56. The molecular weight excluding hydrogens is 321 g/mol. The van der Waals surface area contributed by atoms with Gasteiger partial charge in [0.05, 0.1) is 9.90 Å². The summed E-state index contributed by atoms with van der Waals surface area (Å²) in [5.41, 5.74) is 0.447. The molecule has 1 N–H and O–H groups in total. The minimum atomic E-state index is -0.180. The number of hydrogen-bond donors (Lipinski definition) is 1. The molecule has 0 aliphatic rings. The van der Waals surface area contributed by atoms with E-state index >= 15 is 0 Å². The first-order chi connectivity index (χ1) is 7.04. The van der Waals surface area contributed by atoms with Gasteiger partial charge in [0.15, 0.2) is 0 Å². The Bertz CT molecular complexity index is 356. The summed E-state index contributed by atoms with van der Waals surface area (Å²) < 4.78 is 0.955. The van der Waals surface area contributed by atoms with Crippen LogP contribution in [0, 0.1) is 0 Å². The molecule has 1 amide bonds. The second-order valence-electron chi connectivity index (χ2n) is 2.95. The van der Waals surface area contributed by atoms with Crippen molar-refractivity contribution in [3.63, 3.8) is 0 Å². The molecule has 1 heterocycles. The molecule has 6 heteroatoms. The minimum Gasteiger partial charge on any atom is -0.351 e. The largest absolute Gasteiger partial charge is 0.351 e. The van der Waals surface area contributed by atoms with Crippen LogP contribution in [0.3, 0.4) is 0 Å². The fourth-order valence-electron chi connectivity index (χ4n) is 0.938. The molecule has 0 spiro atoms. The summed E-state index contributed by atoms with van der Waals surface area (Å²) in [5, 5.41) is 2.78. The highest BCUT2D eigenvalue weighted by Gasteiger charge is 2.14. The molecule has 0 aliphatic heterocycles. The summed E-state index contributed by atoms with van der Waals surface area (Å²) >= 11 is 16.2. The first-order valence-electron chi connectivity index (χ1n) is 4.41. The van der Waals surface area contributed by atoms with Gasteiger partial charge >= 0.3 is 0 Å². The molecule has 0 saturated heterocycles. The van der Waals surface area contributed by atoms with Crippen molar-refractivity contribution in [1.82, 2.24) is 5.32 Å². The van der Waals surface area contributed by atoms with Crippen LogP contribution in [0.5, 0.6) is 0 Å². The van der Waals surface area contributed by atoms with E-state index in [0.29, 0.717) is 20.8 Å². The summed E-state index contributed by atoms with van der Waals surface area (Å²) in [7, 11) is 0. The van der Waals surface area contributed by atoms with Crippen LogP contribution in [0.2, 0.25) is 8.67 Å². The minimum absolute atomic E-state index is 0.180. The predicted octanol–water partition coefficient (Wildman–Crippen LogP) is 3.96. The molecule has 1 aromatic rings. The van der Waals surface area contributed by atoms with Crippen molar-refractivity contribution >= 4 is 56.4 Å². The summed E-state index contributed by atoms with van der Waals surface area (Å²) in [6.07, 6.45) is 0.957. The Balaban J connectivity index is 2.58. The van der Waals surface area contributed by atoms with E-state index in [4.69, 9.17) is 23.2 Å². The van der Waals surface area contributed by atoms with Gasteiger partial charge in [-0.1, -0.05) is 46.1 Å². The van der Waals surface area contributed by atoms with Crippen LogP contribution in [-0.4, -0.2) is 17.3 Å². The van der Waals surface area contributed by atoms with Crippen molar-refractivity contribution in [2.45, 2.75) is 18.2 Å². The summed E-state index contributed by atoms with van der Waals surface area (Å²) in [5.74, 6) is -0.180. The quantitative estimate of drug-likeness (QED) is 0.832. The topological polar surface area (TPSA) is 29.1 Å². The van der Waals surface area contributed by atoms with E-state index in [0.717, 1.165) is 6.42 Å². The van der Waals surface area contributed by atoms with Crippen LogP contribution in [-0.2, 0) is 0 Å². The number of alkyl halides is 1. The molecule has 1 atom stereocenters. The monoisotopic (exact) mass is 329 g/mol. The molecule has 0 aromatic carbocycles. The molecule has 0 radical (unpaired) electrons. The Labute approximate surface area is 111 Å². The van der Waals surface area contributed by atoms with Crippen molar-refractivity contribution in [1.29, 1.82) is 0 Å². The SMILES string of the molecule is CCC(Br)CNC(=O)c1cc(Cl)sc1Cl. The number of thiophene rings is 1. The van der Waals surface area contributed by atoms with Crippen molar-refractivity contribution in [2.75, 3.05) is 6.54 Å². The number of halogens is 3. The van der Waals surface area contributed by atoms with Crippen LogP contribution in [0.15, 0.2) is 6.07 Å². The lowest BCUT2D eigenvalue weighted by Gasteiger charge is -2.07. The van der Waals surface area contributed by atoms with E-state index in [2.05, 4.69) is 21.2 Å². The third-order valence-corrected chi connectivity index (χ3v) is 4.29. The van der Waals surface area contributed by atoms with Gasteiger partial charge in [-0.25, -0.2) is 0 Å². The number of amides is 1. The first-order valence-corrected chi connectivity index (χ1v) is 6.90. The Hall–Kier alpha value is 0.230. The molecule has 15 heavy (non-hydrogen) atoms. The molecule has 1 unspecified atom stereocenters. The van der Waals surface area contributed by atoms with E-state index in [1.807, 2.05) is 6.92 Å². The lowest BCUT2D eigenvalue weighted by molar-refractivity contribution is 0.0954. The Morgan fingerprint density at radius 1 is 1.67 bits per heavy atom. The molecular formula is C9H10BrCl2NOS. The number of nitrogens with one attached hydrogen (secondary N) is 1.